The van der Waals surface area contributed by atoms with Gasteiger partial charge >= 0.3 is 0 Å². The van der Waals surface area contributed by atoms with Crippen molar-refractivity contribution in [3.63, 3.8) is 0 Å². The molecule has 21 heavy (non-hydrogen) atoms. The third kappa shape index (κ3) is 2.80. The Balaban J connectivity index is 1.79. The number of carbonyl (C=O) groups excluding carboxylic acids is 2. The smallest absolute Gasteiger partial charge is 0.251 e. The zero-order valence-corrected chi connectivity index (χ0v) is 11.8. The van der Waals surface area contributed by atoms with Crippen LogP contribution in [0.3, 0.4) is 0 Å². The monoisotopic (exact) mass is 290 g/mol. The number of nitrogens with one attached hydrogen (secondary N) is 2. The summed E-state index contributed by atoms with van der Waals surface area (Å²) < 4.78 is 0. The van der Waals surface area contributed by atoms with E-state index in [-0.39, 0.29) is 11.8 Å². The van der Waals surface area contributed by atoms with Crippen LogP contribution in [0.5, 0.6) is 0 Å². The van der Waals surface area contributed by atoms with Crippen LogP contribution < -0.4 is 16.6 Å². The molecule has 1 aliphatic carbocycles. The van der Waals surface area contributed by atoms with Gasteiger partial charge in [-0.25, -0.2) is 15.8 Å². The summed E-state index contributed by atoms with van der Waals surface area (Å²) in [6.45, 7) is 0. The second-order valence-corrected chi connectivity index (χ2v) is 5.44. The molecule has 4 N–H and O–H groups in total. The number of rotatable bonds is 4. The highest BCUT2D eigenvalue weighted by Crippen LogP contribution is 2.38. The second-order valence-electron chi connectivity index (χ2n) is 5.44. The van der Waals surface area contributed by atoms with E-state index in [4.69, 9.17) is 5.84 Å². The van der Waals surface area contributed by atoms with Gasteiger partial charge in [0.25, 0.3) is 5.91 Å². The number of likely N-dealkylation sites (N-methyl/N-ethyl adjacent to an activating group) is 1. The predicted octanol–water partition coefficient (Wildman–Crippen LogP) is 0.199. The largest absolute Gasteiger partial charge is 0.358 e. The second kappa shape index (κ2) is 5.28. The van der Waals surface area contributed by atoms with Gasteiger partial charge in [-0.2, -0.15) is 0 Å². The Morgan fingerprint density at radius 3 is 2.62 bits per heavy atom. The van der Waals surface area contributed by atoms with Crippen LogP contribution >= 0.6 is 0 Å². The fourth-order valence-electron chi connectivity index (χ4n) is 2.37. The molecular weight excluding hydrogens is 272 g/mol. The van der Waals surface area contributed by atoms with Crippen LogP contribution in [0.4, 0.5) is 11.6 Å². The van der Waals surface area contributed by atoms with E-state index in [1.165, 1.54) is 7.05 Å². The highest BCUT2D eigenvalue weighted by atomic mass is 16.2. The molecular formula is C13H18N6O2. The van der Waals surface area contributed by atoms with Gasteiger partial charge in [0.1, 0.15) is 23.5 Å². The number of anilines is 2. The minimum Gasteiger partial charge on any atom is -0.358 e. The van der Waals surface area contributed by atoms with Crippen molar-refractivity contribution in [1.82, 2.24) is 14.9 Å². The maximum atomic E-state index is 12.1. The van der Waals surface area contributed by atoms with Gasteiger partial charge in [0.15, 0.2) is 0 Å². The lowest BCUT2D eigenvalue weighted by atomic mass is 10.0. The normalized spacial score (nSPS) is 22.4. The highest BCUT2D eigenvalue weighted by molar-refractivity contribution is 6.01. The van der Waals surface area contributed by atoms with E-state index in [2.05, 4.69) is 20.7 Å². The van der Waals surface area contributed by atoms with E-state index >= 15 is 0 Å². The number of aromatic nitrogens is 2. The van der Waals surface area contributed by atoms with Crippen LogP contribution in [-0.4, -0.2) is 39.8 Å². The minimum absolute atomic E-state index is 0.149. The first kappa shape index (κ1) is 13.7. The number of hydrogen-bond donors (Lipinski definition) is 3. The Morgan fingerprint density at radius 2 is 1.95 bits per heavy atom. The Labute approximate surface area is 122 Å². The summed E-state index contributed by atoms with van der Waals surface area (Å²) in [4.78, 5) is 33.5. The van der Waals surface area contributed by atoms with E-state index in [0.717, 1.165) is 23.6 Å². The Hall–Kier alpha value is -2.22. The van der Waals surface area contributed by atoms with Crippen molar-refractivity contribution in [2.24, 2.45) is 5.84 Å². The summed E-state index contributed by atoms with van der Waals surface area (Å²) in [5.41, 5.74) is 2.51. The number of likely N-dealkylation sites (tertiary alicyclic amines) is 1. The zero-order valence-electron chi connectivity index (χ0n) is 11.8. The SMILES string of the molecule is CN1C(=O)CCC(Nc2cc(NN)nc(C3CC3)n2)C1=O. The molecule has 1 saturated heterocycles. The van der Waals surface area contributed by atoms with Gasteiger partial charge < -0.3 is 10.7 Å². The molecule has 1 unspecified atom stereocenters. The van der Waals surface area contributed by atoms with Crippen molar-refractivity contribution in [1.29, 1.82) is 0 Å². The minimum atomic E-state index is -0.444. The fourth-order valence-corrected chi connectivity index (χ4v) is 2.37. The lowest BCUT2D eigenvalue weighted by molar-refractivity contribution is -0.146. The number of nitrogens with zero attached hydrogens (tertiary/aromatic N) is 3. The van der Waals surface area contributed by atoms with E-state index in [1.54, 1.807) is 6.07 Å². The molecule has 2 fully saturated rings. The first-order valence-electron chi connectivity index (χ1n) is 7.01. The van der Waals surface area contributed by atoms with E-state index < -0.39 is 6.04 Å². The molecule has 112 valence electrons. The molecule has 0 radical (unpaired) electrons. The van der Waals surface area contributed by atoms with Crippen molar-refractivity contribution in [3.05, 3.63) is 11.9 Å². The van der Waals surface area contributed by atoms with Crippen LogP contribution in [0.25, 0.3) is 0 Å². The van der Waals surface area contributed by atoms with Crippen LogP contribution in [-0.2, 0) is 9.59 Å². The van der Waals surface area contributed by atoms with Gasteiger partial charge in [-0.3, -0.25) is 14.5 Å². The van der Waals surface area contributed by atoms with Crippen molar-refractivity contribution in [2.75, 3.05) is 17.8 Å². The number of imide groups is 1. The Bertz CT molecular complexity index is 586. The van der Waals surface area contributed by atoms with Crippen LogP contribution in [0, 0.1) is 0 Å². The number of amides is 2. The number of nitrogen functional groups attached to an aromatic ring is 1. The molecule has 1 saturated carbocycles. The van der Waals surface area contributed by atoms with E-state index in [0.29, 0.717) is 30.4 Å². The van der Waals surface area contributed by atoms with Gasteiger partial charge in [0, 0.05) is 25.5 Å². The molecule has 8 heteroatoms. The summed E-state index contributed by atoms with van der Waals surface area (Å²) in [5, 5.41) is 3.09. The summed E-state index contributed by atoms with van der Waals surface area (Å²) >= 11 is 0. The zero-order chi connectivity index (χ0) is 15.0. The van der Waals surface area contributed by atoms with Crippen molar-refractivity contribution in [3.8, 4) is 0 Å². The fraction of sp³-hybridized carbons (Fsp3) is 0.538. The number of piperidine rings is 1. The van der Waals surface area contributed by atoms with Crippen molar-refractivity contribution in [2.45, 2.75) is 37.6 Å². The first-order chi connectivity index (χ1) is 10.1. The van der Waals surface area contributed by atoms with Crippen LogP contribution in [0.2, 0.25) is 0 Å². The average molecular weight is 290 g/mol. The highest BCUT2D eigenvalue weighted by Gasteiger charge is 2.32. The molecule has 0 spiro atoms. The molecule has 8 nitrogen and oxygen atoms in total. The van der Waals surface area contributed by atoms with Gasteiger partial charge in [0.2, 0.25) is 5.91 Å². The Morgan fingerprint density at radius 1 is 1.24 bits per heavy atom. The third-order valence-electron chi connectivity index (χ3n) is 3.81. The van der Waals surface area contributed by atoms with Crippen molar-refractivity contribution >= 4 is 23.5 Å². The third-order valence-corrected chi connectivity index (χ3v) is 3.81. The maximum absolute atomic E-state index is 12.1. The molecule has 2 heterocycles. The van der Waals surface area contributed by atoms with Gasteiger partial charge in [0.05, 0.1) is 0 Å². The number of hydrazine groups is 1. The maximum Gasteiger partial charge on any atom is 0.251 e. The molecule has 2 amide bonds. The topological polar surface area (TPSA) is 113 Å². The van der Waals surface area contributed by atoms with Gasteiger partial charge in [-0.15, -0.1) is 0 Å². The molecule has 0 bridgehead atoms. The lowest BCUT2D eigenvalue weighted by Crippen LogP contribution is -2.48. The predicted molar refractivity (Wildman–Crippen MR) is 76.2 cm³/mol. The molecule has 1 aromatic rings. The lowest BCUT2D eigenvalue weighted by Gasteiger charge is -2.28. The number of hydrogen-bond acceptors (Lipinski definition) is 7. The van der Waals surface area contributed by atoms with E-state index in [1.807, 2.05) is 0 Å². The molecule has 1 aromatic heterocycles. The molecule has 0 aromatic carbocycles. The van der Waals surface area contributed by atoms with Crippen LogP contribution in [0.15, 0.2) is 6.07 Å². The standard InChI is InChI=1S/C13H18N6O2/c1-19-11(20)5-4-8(13(19)21)15-9-6-10(18-14)17-12(16-9)7-2-3-7/h6-8H,2-5,14H2,1H3,(H2,15,16,17,18). The molecule has 2 aliphatic rings. The molecule has 3 rings (SSSR count). The number of carbonyl (C=O) groups is 2. The summed E-state index contributed by atoms with van der Waals surface area (Å²) in [5.74, 6) is 7.22. The first-order valence-corrected chi connectivity index (χ1v) is 7.01. The van der Waals surface area contributed by atoms with Crippen molar-refractivity contribution < 1.29 is 9.59 Å². The summed E-state index contributed by atoms with van der Waals surface area (Å²) in [6, 6.07) is 1.22. The van der Waals surface area contributed by atoms with Crippen LogP contribution in [0.1, 0.15) is 37.4 Å². The molecule has 1 aliphatic heterocycles. The quantitative estimate of drug-likeness (QED) is 0.412. The van der Waals surface area contributed by atoms with Gasteiger partial charge in [-0.05, 0) is 19.3 Å². The van der Waals surface area contributed by atoms with E-state index in [9.17, 15) is 9.59 Å². The summed E-state index contributed by atoms with van der Waals surface area (Å²) in [7, 11) is 1.50. The summed E-state index contributed by atoms with van der Waals surface area (Å²) in [6.07, 6.45) is 2.97. The van der Waals surface area contributed by atoms with Gasteiger partial charge in [-0.1, -0.05) is 0 Å². The Kier molecular flexibility index (Phi) is 3.46. The molecule has 1 atom stereocenters. The average Bonchev–Trinajstić information content (AvgIpc) is 3.32. The number of nitrogens with two attached hydrogens (primary N) is 1.